The summed E-state index contributed by atoms with van der Waals surface area (Å²) < 4.78 is 1.95. The second-order valence-electron chi connectivity index (χ2n) is 6.48. The zero-order valence-corrected chi connectivity index (χ0v) is 14.3. The molecule has 1 aliphatic carbocycles. The molecule has 24 heavy (non-hydrogen) atoms. The van der Waals surface area contributed by atoms with Crippen LogP contribution < -0.4 is 5.32 Å². The molecule has 3 aromatic rings. The number of carbonyl (C=O) groups excluding carboxylic acids is 1. The van der Waals surface area contributed by atoms with Crippen molar-refractivity contribution < 1.29 is 4.79 Å². The first kappa shape index (κ1) is 15.4. The summed E-state index contributed by atoms with van der Waals surface area (Å²) in [5, 5.41) is 5.37. The van der Waals surface area contributed by atoms with Crippen molar-refractivity contribution in [2.75, 3.05) is 0 Å². The van der Waals surface area contributed by atoms with Gasteiger partial charge in [-0.1, -0.05) is 25.0 Å². The van der Waals surface area contributed by atoms with Crippen molar-refractivity contribution in [2.45, 2.75) is 38.1 Å². The number of carbonyl (C=O) groups is 1. The lowest BCUT2D eigenvalue weighted by atomic mass is 9.96. The molecule has 0 saturated heterocycles. The Morgan fingerprint density at radius 3 is 2.92 bits per heavy atom. The van der Waals surface area contributed by atoms with Gasteiger partial charge in [-0.25, -0.2) is 4.98 Å². The standard InChI is InChI=1S/C19H21N3OS/c23-18(12-15-13-22-10-4-3-9-17(22)20-15)21-19(14-6-1-2-7-14)16-8-5-11-24-16/h3-5,8-11,13-14,19H,1-2,6-7,12H2,(H,21,23). The Bertz CT molecular complexity index is 785. The van der Waals surface area contributed by atoms with Gasteiger partial charge in [0.05, 0.1) is 18.2 Å². The average Bonchev–Trinajstić information content (AvgIpc) is 3.32. The van der Waals surface area contributed by atoms with Crippen LogP contribution in [0.1, 0.15) is 42.3 Å². The van der Waals surface area contributed by atoms with Gasteiger partial charge in [-0.3, -0.25) is 4.79 Å². The number of amides is 1. The van der Waals surface area contributed by atoms with E-state index in [1.165, 1.54) is 30.6 Å². The zero-order chi connectivity index (χ0) is 16.4. The molecule has 1 saturated carbocycles. The summed E-state index contributed by atoms with van der Waals surface area (Å²) in [7, 11) is 0. The second kappa shape index (κ2) is 6.77. The molecule has 4 rings (SSSR count). The third kappa shape index (κ3) is 3.22. The van der Waals surface area contributed by atoms with Crippen LogP contribution in [0.3, 0.4) is 0 Å². The molecule has 3 aromatic heterocycles. The number of aromatic nitrogens is 2. The number of hydrogen-bond acceptors (Lipinski definition) is 3. The van der Waals surface area contributed by atoms with E-state index in [2.05, 4.69) is 27.8 Å². The summed E-state index contributed by atoms with van der Waals surface area (Å²) in [4.78, 5) is 18.4. The smallest absolute Gasteiger partial charge is 0.226 e. The molecule has 0 aromatic carbocycles. The number of imidazole rings is 1. The van der Waals surface area contributed by atoms with Gasteiger partial charge in [0.2, 0.25) is 5.91 Å². The van der Waals surface area contributed by atoms with Crippen LogP contribution in [0.5, 0.6) is 0 Å². The van der Waals surface area contributed by atoms with Crippen molar-refractivity contribution in [3.8, 4) is 0 Å². The molecule has 1 N–H and O–H groups in total. The zero-order valence-electron chi connectivity index (χ0n) is 13.5. The predicted octanol–water partition coefficient (Wildman–Crippen LogP) is 3.99. The summed E-state index contributed by atoms with van der Waals surface area (Å²) in [6.45, 7) is 0. The van der Waals surface area contributed by atoms with Gasteiger partial charge < -0.3 is 9.72 Å². The molecule has 1 fully saturated rings. The second-order valence-corrected chi connectivity index (χ2v) is 7.46. The number of pyridine rings is 1. The molecule has 0 radical (unpaired) electrons. The summed E-state index contributed by atoms with van der Waals surface area (Å²) in [6, 6.07) is 10.2. The fourth-order valence-corrected chi connectivity index (χ4v) is 4.51. The monoisotopic (exact) mass is 339 g/mol. The highest BCUT2D eigenvalue weighted by Gasteiger charge is 2.28. The molecule has 1 amide bonds. The lowest BCUT2D eigenvalue weighted by molar-refractivity contribution is -0.121. The van der Waals surface area contributed by atoms with Crippen LogP contribution in [0, 0.1) is 5.92 Å². The van der Waals surface area contributed by atoms with Crippen molar-refractivity contribution >= 4 is 22.9 Å². The molecule has 1 aliphatic rings. The molecule has 1 atom stereocenters. The van der Waals surface area contributed by atoms with Crippen LogP contribution in [0.2, 0.25) is 0 Å². The molecule has 0 aliphatic heterocycles. The van der Waals surface area contributed by atoms with Crippen molar-refractivity contribution in [1.29, 1.82) is 0 Å². The van der Waals surface area contributed by atoms with Gasteiger partial charge in [0.15, 0.2) is 0 Å². The van der Waals surface area contributed by atoms with Gasteiger partial charge >= 0.3 is 0 Å². The maximum absolute atomic E-state index is 12.6. The fourth-order valence-electron chi connectivity index (χ4n) is 3.64. The Hall–Kier alpha value is -2.14. The highest BCUT2D eigenvalue weighted by atomic mass is 32.1. The first-order valence-corrected chi connectivity index (χ1v) is 9.43. The summed E-state index contributed by atoms with van der Waals surface area (Å²) in [6.07, 6.45) is 9.18. The third-order valence-electron chi connectivity index (χ3n) is 4.79. The van der Waals surface area contributed by atoms with E-state index < -0.39 is 0 Å². The van der Waals surface area contributed by atoms with Crippen LogP contribution in [-0.2, 0) is 11.2 Å². The number of rotatable bonds is 5. The number of thiophene rings is 1. The number of nitrogens with one attached hydrogen (secondary N) is 1. The van der Waals surface area contributed by atoms with Gasteiger partial charge in [-0.2, -0.15) is 0 Å². The van der Waals surface area contributed by atoms with Gasteiger partial charge in [-0.15, -0.1) is 11.3 Å². The molecular formula is C19H21N3OS. The van der Waals surface area contributed by atoms with Crippen molar-refractivity contribution in [3.05, 3.63) is 58.7 Å². The third-order valence-corrected chi connectivity index (χ3v) is 5.75. The first-order chi connectivity index (χ1) is 11.8. The predicted molar refractivity (Wildman–Crippen MR) is 96.1 cm³/mol. The molecule has 4 nitrogen and oxygen atoms in total. The van der Waals surface area contributed by atoms with Crippen molar-refractivity contribution in [1.82, 2.24) is 14.7 Å². The molecule has 0 bridgehead atoms. The molecule has 5 heteroatoms. The van der Waals surface area contributed by atoms with Gasteiger partial charge in [0.1, 0.15) is 5.65 Å². The Morgan fingerprint density at radius 1 is 1.29 bits per heavy atom. The minimum absolute atomic E-state index is 0.0590. The van der Waals surface area contributed by atoms with Crippen LogP contribution in [0.25, 0.3) is 5.65 Å². The van der Waals surface area contributed by atoms with E-state index in [-0.39, 0.29) is 11.9 Å². The minimum atomic E-state index is 0.0590. The van der Waals surface area contributed by atoms with E-state index in [1.54, 1.807) is 11.3 Å². The Balaban J connectivity index is 1.48. The normalized spacial score (nSPS) is 16.5. The van der Waals surface area contributed by atoms with Crippen molar-refractivity contribution in [3.63, 3.8) is 0 Å². The molecule has 3 heterocycles. The first-order valence-electron chi connectivity index (χ1n) is 8.55. The van der Waals surface area contributed by atoms with E-state index in [0.29, 0.717) is 12.3 Å². The SMILES string of the molecule is O=C(Cc1cn2ccccc2n1)NC(c1cccs1)C1CCCC1. The van der Waals surface area contributed by atoms with E-state index in [4.69, 9.17) is 0 Å². The molecule has 124 valence electrons. The number of hydrogen-bond donors (Lipinski definition) is 1. The topological polar surface area (TPSA) is 46.4 Å². The Labute approximate surface area is 145 Å². The summed E-state index contributed by atoms with van der Waals surface area (Å²) >= 11 is 1.74. The number of fused-ring (bicyclic) bond motifs is 1. The summed E-state index contributed by atoms with van der Waals surface area (Å²) in [5.74, 6) is 0.623. The minimum Gasteiger partial charge on any atom is -0.348 e. The maximum Gasteiger partial charge on any atom is 0.226 e. The molecule has 0 spiro atoms. The quantitative estimate of drug-likeness (QED) is 0.764. The van der Waals surface area contributed by atoms with Crippen molar-refractivity contribution in [2.24, 2.45) is 5.92 Å². The highest BCUT2D eigenvalue weighted by molar-refractivity contribution is 7.10. The van der Waals surface area contributed by atoms with Gasteiger partial charge in [0, 0.05) is 17.3 Å². The molecule has 1 unspecified atom stereocenters. The van der Waals surface area contributed by atoms with Crippen LogP contribution in [0.15, 0.2) is 48.1 Å². The van der Waals surface area contributed by atoms with Crippen LogP contribution in [0.4, 0.5) is 0 Å². The van der Waals surface area contributed by atoms with E-state index in [9.17, 15) is 4.79 Å². The Morgan fingerprint density at radius 2 is 2.17 bits per heavy atom. The lowest BCUT2D eigenvalue weighted by Gasteiger charge is -2.23. The summed E-state index contributed by atoms with van der Waals surface area (Å²) in [5.41, 5.74) is 1.70. The van der Waals surface area contributed by atoms with E-state index in [1.807, 2.05) is 35.0 Å². The average molecular weight is 339 g/mol. The van der Waals surface area contributed by atoms with E-state index >= 15 is 0 Å². The number of nitrogens with zero attached hydrogens (tertiary/aromatic N) is 2. The lowest BCUT2D eigenvalue weighted by Crippen LogP contribution is -2.33. The van der Waals surface area contributed by atoms with Crippen LogP contribution >= 0.6 is 11.3 Å². The van der Waals surface area contributed by atoms with Crippen LogP contribution in [-0.4, -0.2) is 15.3 Å². The fraction of sp³-hybridized carbons (Fsp3) is 0.368. The largest absolute Gasteiger partial charge is 0.348 e. The maximum atomic E-state index is 12.6. The Kier molecular flexibility index (Phi) is 4.34. The molecular weight excluding hydrogens is 318 g/mol. The van der Waals surface area contributed by atoms with Gasteiger partial charge in [0.25, 0.3) is 0 Å². The van der Waals surface area contributed by atoms with E-state index in [0.717, 1.165) is 11.3 Å². The highest BCUT2D eigenvalue weighted by Crippen LogP contribution is 2.37. The van der Waals surface area contributed by atoms with Gasteiger partial charge in [-0.05, 0) is 42.3 Å².